The maximum absolute atomic E-state index is 12.9. The van der Waals surface area contributed by atoms with Crippen LogP contribution in [0.5, 0.6) is 0 Å². The van der Waals surface area contributed by atoms with E-state index in [1.54, 1.807) is 0 Å². The number of ether oxygens (including phenoxy) is 1. The number of morpholine rings is 1. The van der Waals surface area contributed by atoms with Gasteiger partial charge in [-0.1, -0.05) is 6.92 Å². The highest BCUT2D eigenvalue weighted by molar-refractivity contribution is 8.01. The minimum atomic E-state index is -2.70. The first-order valence-electron chi connectivity index (χ1n) is 9.08. The molecule has 2 aliphatic heterocycles. The molecule has 1 saturated heterocycles. The zero-order chi connectivity index (χ0) is 19.2. The van der Waals surface area contributed by atoms with Crippen LogP contribution < -0.4 is 10.6 Å². The van der Waals surface area contributed by atoms with E-state index in [1.807, 2.05) is 26.0 Å². The van der Waals surface area contributed by atoms with Gasteiger partial charge >= 0.3 is 0 Å². The lowest BCUT2D eigenvalue weighted by Gasteiger charge is -2.40. The molecule has 0 spiro atoms. The van der Waals surface area contributed by atoms with E-state index in [4.69, 9.17) is 4.74 Å². The highest BCUT2D eigenvalue weighted by Crippen LogP contribution is 2.31. The Hall–Kier alpha value is -1.28. The third kappa shape index (κ3) is 5.87. The number of carbonyl (C=O) groups is 1. The molecule has 8 heteroatoms. The fraction of sp³-hybridized carbons (Fsp3) is 0.722. The number of rotatable bonds is 8. The van der Waals surface area contributed by atoms with Gasteiger partial charge in [0.25, 0.3) is 5.91 Å². The number of nitrogens with one attached hydrogen (secondary N) is 2. The van der Waals surface area contributed by atoms with Crippen LogP contribution >= 0.6 is 11.8 Å². The molecule has 2 rings (SSSR count). The van der Waals surface area contributed by atoms with Gasteiger partial charge in [-0.25, -0.2) is 8.78 Å². The number of hydrogen-bond donors (Lipinski definition) is 2. The summed E-state index contributed by atoms with van der Waals surface area (Å²) < 4.78 is 31.3. The zero-order valence-electron chi connectivity index (χ0n) is 15.7. The van der Waals surface area contributed by atoms with Crippen LogP contribution in [0.4, 0.5) is 8.78 Å². The van der Waals surface area contributed by atoms with Crippen molar-refractivity contribution in [3.05, 3.63) is 23.5 Å². The molecule has 0 saturated carbocycles. The maximum atomic E-state index is 12.9. The van der Waals surface area contributed by atoms with Gasteiger partial charge in [-0.05, 0) is 43.7 Å². The van der Waals surface area contributed by atoms with Gasteiger partial charge in [0, 0.05) is 26.1 Å². The standard InChI is InChI=1S/C18H29F2N3O2S/c1-4-26-18(16(24)21-7-5-6-17(3,19)20)13-14(2)12-15(22-18)23-8-10-25-11-9-23/h12-13,22H,4-11H2,1-3H3,(H,21,24). The summed E-state index contributed by atoms with van der Waals surface area (Å²) in [7, 11) is 0. The number of amides is 1. The summed E-state index contributed by atoms with van der Waals surface area (Å²) in [6.45, 7) is 7.96. The Balaban J connectivity index is 2.05. The Morgan fingerprint density at radius 1 is 1.46 bits per heavy atom. The van der Waals surface area contributed by atoms with E-state index in [0.29, 0.717) is 13.2 Å². The van der Waals surface area contributed by atoms with Gasteiger partial charge in [-0.3, -0.25) is 4.79 Å². The Morgan fingerprint density at radius 2 is 2.15 bits per heavy atom. The van der Waals surface area contributed by atoms with Crippen LogP contribution in [0.25, 0.3) is 0 Å². The average Bonchev–Trinajstić information content (AvgIpc) is 2.58. The minimum absolute atomic E-state index is 0.193. The number of thioether (sulfide) groups is 1. The molecule has 1 amide bonds. The molecule has 2 heterocycles. The van der Waals surface area contributed by atoms with Crippen molar-refractivity contribution in [2.24, 2.45) is 0 Å². The van der Waals surface area contributed by atoms with Crippen molar-refractivity contribution in [1.29, 1.82) is 0 Å². The van der Waals surface area contributed by atoms with Crippen LogP contribution in [-0.4, -0.2) is 60.2 Å². The predicted molar refractivity (Wildman–Crippen MR) is 101 cm³/mol. The molecule has 1 atom stereocenters. The first kappa shape index (κ1) is 21.0. The molecule has 1 unspecified atom stereocenters. The van der Waals surface area contributed by atoms with Crippen molar-refractivity contribution < 1.29 is 18.3 Å². The summed E-state index contributed by atoms with van der Waals surface area (Å²) in [6.07, 6.45) is 3.96. The van der Waals surface area contributed by atoms with E-state index in [0.717, 1.165) is 37.2 Å². The van der Waals surface area contributed by atoms with E-state index >= 15 is 0 Å². The van der Waals surface area contributed by atoms with Crippen molar-refractivity contribution in [3.8, 4) is 0 Å². The number of halogens is 2. The molecule has 26 heavy (non-hydrogen) atoms. The lowest BCUT2D eigenvalue weighted by Crippen LogP contribution is -2.57. The summed E-state index contributed by atoms with van der Waals surface area (Å²) in [5.41, 5.74) is 1.00. The number of allylic oxidation sites excluding steroid dienone is 2. The molecule has 0 aromatic heterocycles. The summed E-state index contributed by atoms with van der Waals surface area (Å²) >= 11 is 1.50. The molecule has 148 valence electrons. The molecule has 0 bridgehead atoms. The molecular weight excluding hydrogens is 360 g/mol. The second kappa shape index (κ2) is 9.08. The van der Waals surface area contributed by atoms with Crippen LogP contribution in [0.1, 0.15) is 33.6 Å². The van der Waals surface area contributed by atoms with Gasteiger partial charge in [-0.2, -0.15) is 0 Å². The molecule has 0 aromatic rings. The molecule has 2 aliphatic rings. The summed E-state index contributed by atoms with van der Waals surface area (Å²) in [5.74, 6) is -1.24. The fourth-order valence-corrected chi connectivity index (χ4v) is 4.14. The highest BCUT2D eigenvalue weighted by Gasteiger charge is 2.40. The normalized spacial score (nSPS) is 23.8. The first-order valence-corrected chi connectivity index (χ1v) is 10.1. The third-order valence-electron chi connectivity index (χ3n) is 4.25. The molecule has 0 radical (unpaired) electrons. The monoisotopic (exact) mass is 389 g/mol. The van der Waals surface area contributed by atoms with Crippen LogP contribution in [0.2, 0.25) is 0 Å². The Kier molecular flexibility index (Phi) is 7.34. The molecular formula is C18H29F2N3O2S. The number of hydrogen-bond acceptors (Lipinski definition) is 5. The van der Waals surface area contributed by atoms with Gasteiger partial charge in [0.1, 0.15) is 5.82 Å². The second-order valence-corrected chi connectivity index (χ2v) is 8.25. The first-order chi connectivity index (χ1) is 12.3. The number of carbonyl (C=O) groups excluding carboxylic acids is 1. The van der Waals surface area contributed by atoms with E-state index in [1.165, 1.54) is 11.8 Å². The lowest BCUT2D eigenvalue weighted by atomic mass is 10.1. The van der Waals surface area contributed by atoms with Gasteiger partial charge in [0.2, 0.25) is 5.92 Å². The largest absolute Gasteiger partial charge is 0.378 e. The van der Waals surface area contributed by atoms with E-state index in [-0.39, 0.29) is 25.3 Å². The highest BCUT2D eigenvalue weighted by atomic mass is 32.2. The van der Waals surface area contributed by atoms with Gasteiger partial charge in [-0.15, -0.1) is 11.8 Å². The quantitative estimate of drug-likeness (QED) is 0.625. The number of nitrogens with zero attached hydrogens (tertiary/aromatic N) is 1. The molecule has 0 aromatic carbocycles. The van der Waals surface area contributed by atoms with E-state index < -0.39 is 10.8 Å². The van der Waals surface area contributed by atoms with Crippen LogP contribution in [0, 0.1) is 0 Å². The maximum Gasteiger partial charge on any atom is 0.260 e. The van der Waals surface area contributed by atoms with Crippen molar-refractivity contribution in [2.75, 3.05) is 38.6 Å². The van der Waals surface area contributed by atoms with Gasteiger partial charge < -0.3 is 20.3 Å². The number of alkyl halides is 2. The molecule has 1 fully saturated rings. The average molecular weight is 390 g/mol. The number of dihydropyridines is 1. The van der Waals surface area contributed by atoms with Crippen LogP contribution in [0.15, 0.2) is 23.5 Å². The zero-order valence-corrected chi connectivity index (χ0v) is 16.6. The molecule has 2 N–H and O–H groups in total. The fourth-order valence-electron chi connectivity index (χ4n) is 3.04. The van der Waals surface area contributed by atoms with Crippen molar-refractivity contribution in [2.45, 2.75) is 44.4 Å². The summed E-state index contributed by atoms with van der Waals surface area (Å²) in [5, 5.41) is 6.21. The Bertz CT molecular complexity index is 557. The summed E-state index contributed by atoms with van der Waals surface area (Å²) in [4.78, 5) is 14.2. The van der Waals surface area contributed by atoms with E-state index in [9.17, 15) is 13.6 Å². The Labute approximate surface area is 158 Å². The van der Waals surface area contributed by atoms with E-state index in [2.05, 4.69) is 15.5 Å². The SMILES string of the molecule is CCSC1(C(=O)NCCCC(C)(F)F)C=C(C)C=C(N2CCOCC2)N1. The summed E-state index contributed by atoms with van der Waals surface area (Å²) in [6, 6.07) is 0. The predicted octanol–water partition coefficient (Wildman–Crippen LogP) is 2.71. The minimum Gasteiger partial charge on any atom is -0.378 e. The van der Waals surface area contributed by atoms with Crippen molar-refractivity contribution in [1.82, 2.24) is 15.5 Å². The van der Waals surface area contributed by atoms with Gasteiger partial charge in [0.05, 0.1) is 13.2 Å². The molecule has 0 aliphatic carbocycles. The van der Waals surface area contributed by atoms with Crippen LogP contribution in [-0.2, 0) is 9.53 Å². The van der Waals surface area contributed by atoms with Crippen molar-refractivity contribution in [3.63, 3.8) is 0 Å². The van der Waals surface area contributed by atoms with Crippen molar-refractivity contribution >= 4 is 17.7 Å². The third-order valence-corrected chi connectivity index (χ3v) is 5.40. The molecule has 5 nitrogen and oxygen atoms in total. The van der Waals surface area contributed by atoms with Crippen LogP contribution in [0.3, 0.4) is 0 Å². The van der Waals surface area contributed by atoms with Gasteiger partial charge in [0.15, 0.2) is 4.87 Å². The smallest absolute Gasteiger partial charge is 0.260 e. The topological polar surface area (TPSA) is 53.6 Å². The second-order valence-electron chi connectivity index (χ2n) is 6.74. The Morgan fingerprint density at radius 3 is 2.77 bits per heavy atom. The lowest BCUT2D eigenvalue weighted by molar-refractivity contribution is -0.123.